The summed E-state index contributed by atoms with van der Waals surface area (Å²) in [6.45, 7) is 4.53. The van der Waals surface area contributed by atoms with Crippen LogP contribution in [0.5, 0.6) is 0 Å². The maximum Gasteiger partial charge on any atom is 0.268 e. The van der Waals surface area contributed by atoms with Crippen molar-refractivity contribution in [3.63, 3.8) is 0 Å². The summed E-state index contributed by atoms with van der Waals surface area (Å²) in [5.74, 6) is -0.219. The summed E-state index contributed by atoms with van der Waals surface area (Å²) in [5, 5.41) is 13.9. The number of nitrogens with zero attached hydrogens (tertiary/aromatic N) is 1. The van der Waals surface area contributed by atoms with Crippen molar-refractivity contribution in [2.75, 3.05) is 40.9 Å². The molecule has 442 valence electrons. The van der Waals surface area contributed by atoms with Gasteiger partial charge in [-0.05, 0) is 77.0 Å². The molecule has 0 rings (SSSR count). The number of allylic oxidation sites excluding steroid dienone is 13. The number of rotatable bonds is 58. The molecule has 9 heteroatoms. The number of aliphatic hydroxyl groups excluding tert-OH is 1. The van der Waals surface area contributed by atoms with E-state index in [1.54, 1.807) is 6.08 Å². The van der Waals surface area contributed by atoms with E-state index in [0.717, 1.165) is 83.5 Å². The average molecular weight is 1080 g/mol. The Balaban J connectivity index is 4.19. The number of hydrogen-bond donors (Lipinski definition) is 2. The van der Waals surface area contributed by atoms with Gasteiger partial charge in [-0.2, -0.15) is 0 Å². The Hall–Kier alpha value is -2.32. The number of likely N-dealkylation sites (N-methyl/N-ethyl adjacent to an activating group) is 1. The Morgan fingerprint density at radius 2 is 0.816 bits per heavy atom. The number of hydrogen-bond acceptors (Lipinski definition) is 6. The van der Waals surface area contributed by atoms with Gasteiger partial charge in [0.15, 0.2) is 0 Å². The highest BCUT2D eigenvalue weighted by Gasteiger charge is 2.23. The molecule has 76 heavy (non-hydrogen) atoms. The van der Waals surface area contributed by atoms with Crippen molar-refractivity contribution in [3.8, 4) is 0 Å². The van der Waals surface area contributed by atoms with Crippen LogP contribution >= 0.6 is 7.82 Å². The van der Waals surface area contributed by atoms with Crippen molar-refractivity contribution in [1.82, 2.24) is 5.32 Å². The molecule has 0 aliphatic carbocycles. The first-order valence-electron chi connectivity index (χ1n) is 31.9. The van der Waals surface area contributed by atoms with E-state index in [1.165, 1.54) is 180 Å². The molecule has 0 aromatic carbocycles. The normalized spacial score (nSPS) is 14.4. The molecule has 8 nitrogen and oxygen atoms in total. The van der Waals surface area contributed by atoms with E-state index < -0.39 is 26.6 Å². The van der Waals surface area contributed by atoms with E-state index in [1.807, 2.05) is 27.2 Å². The lowest BCUT2D eigenvalue weighted by Gasteiger charge is -2.29. The van der Waals surface area contributed by atoms with Crippen LogP contribution in [0.25, 0.3) is 0 Å². The zero-order chi connectivity index (χ0) is 55.6. The Bertz CT molecular complexity index is 1510. The second-order valence-corrected chi connectivity index (χ2v) is 24.1. The van der Waals surface area contributed by atoms with Crippen LogP contribution in [0.4, 0.5) is 0 Å². The molecule has 0 bridgehead atoms. The minimum absolute atomic E-state index is 0.0126. The van der Waals surface area contributed by atoms with Crippen LogP contribution in [-0.2, 0) is 18.4 Å². The van der Waals surface area contributed by atoms with E-state index in [0.29, 0.717) is 17.4 Å². The quantitative estimate of drug-likeness (QED) is 0.0272. The third-order valence-electron chi connectivity index (χ3n) is 14.1. The van der Waals surface area contributed by atoms with Gasteiger partial charge < -0.3 is 28.8 Å². The van der Waals surface area contributed by atoms with Crippen LogP contribution in [0.3, 0.4) is 0 Å². The third kappa shape index (κ3) is 59.3. The van der Waals surface area contributed by atoms with Gasteiger partial charge in [0, 0.05) is 6.42 Å². The summed E-state index contributed by atoms with van der Waals surface area (Å²) in [6, 6.07) is -0.917. The van der Waals surface area contributed by atoms with Gasteiger partial charge in [-0.1, -0.05) is 285 Å². The van der Waals surface area contributed by atoms with Crippen molar-refractivity contribution in [2.45, 2.75) is 296 Å². The average Bonchev–Trinajstić information content (AvgIpc) is 3.38. The van der Waals surface area contributed by atoms with Gasteiger partial charge in [0.1, 0.15) is 13.2 Å². The van der Waals surface area contributed by atoms with Crippen LogP contribution in [0.1, 0.15) is 284 Å². The molecular formula is C67H123N2O6P. The molecular weight excluding hydrogens is 960 g/mol. The highest BCUT2D eigenvalue weighted by Crippen LogP contribution is 2.38. The maximum atomic E-state index is 13.0. The van der Waals surface area contributed by atoms with E-state index in [-0.39, 0.29) is 12.5 Å². The zero-order valence-corrected chi connectivity index (χ0v) is 51.3. The van der Waals surface area contributed by atoms with Gasteiger partial charge >= 0.3 is 0 Å². The Labute approximate surface area is 471 Å². The van der Waals surface area contributed by atoms with Gasteiger partial charge in [-0.25, -0.2) is 0 Å². The summed E-state index contributed by atoms with van der Waals surface area (Å²) in [7, 11) is 1.23. The first-order valence-corrected chi connectivity index (χ1v) is 33.4. The van der Waals surface area contributed by atoms with Gasteiger partial charge in [0.05, 0.1) is 39.9 Å². The lowest BCUT2D eigenvalue weighted by Crippen LogP contribution is -2.45. The summed E-state index contributed by atoms with van der Waals surface area (Å²) in [6.07, 6.45) is 81.2. The summed E-state index contributed by atoms with van der Waals surface area (Å²) in [5.41, 5.74) is 0. The topological polar surface area (TPSA) is 108 Å². The van der Waals surface area contributed by atoms with Crippen molar-refractivity contribution in [2.24, 2.45) is 0 Å². The number of amides is 1. The standard InChI is InChI=1S/C67H123N2O6P/c1-6-8-10-12-14-16-18-20-22-24-26-28-30-31-32-33-34-35-36-37-39-40-42-44-46-48-50-52-54-56-58-60-66(70)65(64-75-76(72,73)74-63-62-69(3,4)5)68-67(71)61-59-57-55-53-51-49-47-45-43-41-38-29-27-25-23-21-19-17-15-13-11-9-7-2/h9,11,15,17,21,23,27,29,41,43,50,52,58,60,65-66,70H,6-8,10,12-14,16,18-20,22,24-26,28,30-40,42,44-49,51,53-57,59,61-64H2,1-5H3,(H-,68,71,72,73)/b11-9-,17-15-,23-21-,29-27-,43-41-,52-50+,60-58+. The summed E-state index contributed by atoms with van der Waals surface area (Å²) in [4.78, 5) is 25.6. The second-order valence-electron chi connectivity index (χ2n) is 22.7. The molecule has 3 unspecified atom stereocenters. The van der Waals surface area contributed by atoms with Gasteiger partial charge in [0.2, 0.25) is 5.91 Å². The monoisotopic (exact) mass is 1080 g/mol. The predicted octanol–water partition coefficient (Wildman–Crippen LogP) is 19.4. The van der Waals surface area contributed by atoms with E-state index in [4.69, 9.17) is 9.05 Å². The van der Waals surface area contributed by atoms with Crippen LogP contribution in [-0.4, -0.2) is 68.5 Å². The van der Waals surface area contributed by atoms with E-state index in [2.05, 4.69) is 92.1 Å². The van der Waals surface area contributed by atoms with Crippen LogP contribution in [0, 0.1) is 0 Å². The third-order valence-corrected chi connectivity index (χ3v) is 15.1. The number of unbranched alkanes of at least 4 members (excludes halogenated alkanes) is 33. The SMILES string of the molecule is CC/C=C\C/C=C\C/C=C\C/C=C\C/C=C\CCCCCCCCCC(=O)NC(COP(=O)([O-])OCC[N+](C)(C)C)C(O)/C=C/CC/C=C/CCCCCCCCCCCCCCCCCCCCCCCCCCC. The Morgan fingerprint density at radius 3 is 1.22 bits per heavy atom. The molecule has 0 aromatic rings. The van der Waals surface area contributed by atoms with Crippen molar-refractivity contribution < 1.29 is 32.9 Å². The highest BCUT2D eigenvalue weighted by molar-refractivity contribution is 7.45. The van der Waals surface area contributed by atoms with Crippen LogP contribution in [0.2, 0.25) is 0 Å². The number of nitrogens with one attached hydrogen (secondary N) is 1. The molecule has 0 saturated heterocycles. The first kappa shape index (κ1) is 73.7. The molecule has 0 spiro atoms. The Morgan fingerprint density at radius 1 is 0.474 bits per heavy atom. The molecule has 0 aliphatic heterocycles. The number of aliphatic hydroxyl groups is 1. The van der Waals surface area contributed by atoms with E-state index >= 15 is 0 Å². The number of phosphoric ester groups is 1. The molecule has 0 aromatic heterocycles. The zero-order valence-electron chi connectivity index (χ0n) is 50.4. The van der Waals surface area contributed by atoms with Gasteiger partial charge in [-0.15, -0.1) is 0 Å². The molecule has 2 N–H and O–H groups in total. The fourth-order valence-corrected chi connectivity index (χ4v) is 9.86. The molecule has 1 amide bonds. The largest absolute Gasteiger partial charge is 0.756 e. The minimum Gasteiger partial charge on any atom is -0.756 e. The van der Waals surface area contributed by atoms with Gasteiger partial charge in [0.25, 0.3) is 7.82 Å². The number of phosphoric acid groups is 1. The maximum absolute atomic E-state index is 13.0. The molecule has 0 radical (unpaired) electrons. The molecule has 0 saturated carbocycles. The van der Waals surface area contributed by atoms with Gasteiger partial charge in [-0.3, -0.25) is 9.36 Å². The first-order chi connectivity index (χ1) is 37.0. The van der Waals surface area contributed by atoms with Crippen molar-refractivity contribution >= 4 is 13.7 Å². The fraction of sp³-hybridized carbons (Fsp3) is 0.776. The molecule has 3 atom stereocenters. The lowest BCUT2D eigenvalue weighted by atomic mass is 10.0. The van der Waals surface area contributed by atoms with Crippen LogP contribution < -0.4 is 10.2 Å². The van der Waals surface area contributed by atoms with E-state index in [9.17, 15) is 19.4 Å². The molecule has 0 aliphatic rings. The predicted molar refractivity (Wildman–Crippen MR) is 330 cm³/mol. The summed E-state index contributed by atoms with van der Waals surface area (Å²) < 4.78 is 23.4. The summed E-state index contributed by atoms with van der Waals surface area (Å²) >= 11 is 0. The fourth-order valence-electron chi connectivity index (χ4n) is 9.14. The number of quaternary nitrogens is 1. The highest BCUT2D eigenvalue weighted by atomic mass is 31.2. The molecule has 0 heterocycles. The Kier molecular flexibility index (Phi) is 55.6. The lowest BCUT2D eigenvalue weighted by molar-refractivity contribution is -0.870. The number of carbonyl (C=O) groups is 1. The smallest absolute Gasteiger partial charge is 0.268 e. The van der Waals surface area contributed by atoms with Crippen molar-refractivity contribution in [1.29, 1.82) is 0 Å². The van der Waals surface area contributed by atoms with Crippen molar-refractivity contribution in [3.05, 3.63) is 85.1 Å². The second kappa shape index (κ2) is 57.4. The van der Waals surface area contributed by atoms with Crippen LogP contribution in [0.15, 0.2) is 85.1 Å². The number of carbonyl (C=O) groups excluding carboxylic acids is 1. The molecule has 0 fully saturated rings. The minimum atomic E-state index is -4.62.